The molecule has 1 saturated heterocycles. The third-order valence-corrected chi connectivity index (χ3v) is 3.70. The minimum absolute atomic E-state index is 0.0295. The van der Waals surface area contributed by atoms with Gasteiger partial charge >= 0.3 is 0 Å². The van der Waals surface area contributed by atoms with Gasteiger partial charge in [-0.1, -0.05) is 6.92 Å². The monoisotopic (exact) mass is 274 g/mol. The largest absolute Gasteiger partial charge is 0.389 e. The molecule has 5 nitrogen and oxygen atoms in total. The lowest BCUT2D eigenvalue weighted by Gasteiger charge is -2.35. The van der Waals surface area contributed by atoms with Gasteiger partial charge < -0.3 is 24.8 Å². The minimum atomic E-state index is -0.453. The maximum Gasteiger partial charge on any atom is 0.0897 e. The first-order chi connectivity index (χ1) is 9.02. The standard InChI is InChI=1S/C14H30N2O3/c1-11-8-16(3)6-5-14(11)15-7-13(17)10-19-12(2)9-18-4/h11-15,17H,5-10H2,1-4H3. The van der Waals surface area contributed by atoms with Gasteiger partial charge in [-0.3, -0.25) is 0 Å². The van der Waals surface area contributed by atoms with E-state index in [4.69, 9.17) is 9.47 Å². The highest BCUT2D eigenvalue weighted by atomic mass is 16.5. The fraction of sp³-hybridized carbons (Fsp3) is 1.00. The van der Waals surface area contributed by atoms with Crippen molar-refractivity contribution in [3.05, 3.63) is 0 Å². The van der Waals surface area contributed by atoms with Crippen molar-refractivity contribution in [1.82, 2.24) is 10.2 Å². The lowest BCUT2D eigenvalue weighted by Crippen LogP contribution is -2.49. The molecule has 4 atom stereocenters. The predicted molar refractivity (Wildman–Crippen MR) is 76.4 cm³/mol. The molecular weight excluding hydrogens is 244 g/mol. The Morgan fingerprint density at radius 1 is 1.42 bits per heavy atom. The van der Waals surface area contributed by atoms with Crippen LogP contribution in [0.5, 0.6) is 0 Å². The van der Waals surface area contributed by atoms with E-state index in [0.717, 1.165) is 19.5 Å². The first-order valence-corrected chi connectivity index (χ1v) is 7.23. The zero-order chi connectivity index (χ0) is 14.3. The SMILES string of the molecule is COCC(C)OCC(O)CNC1CCN(C)CC1C. The van der Waals surface area contributed by atoms with Gasteiger partial charge in [0.1, 0.15) is 0 Å². The highest BCUT2D eigenvalue weighted by molar-refractivity contribution is 4.82. The number of likely N-dealkylation sites (tertiary alicyclic amines) is 1. The highest BCUT2D eigenvalue weighted by Gasteiger charge is 2.24. The van der Waals surface area contributed by atoms with Crippen molar-refractivity contribution in [2.75, 3.05) is 47.0 Å². The van der Waals surface area contributed by atoms with E-state index in [1.165, 1.54) is 0 Å². The number of piperidine rings is 1. The first-order valence-electron chi connectivity index (χ1n) is 7.23. The van der Waals surface area contributed by atoms with Gasteiger partial charge in [-0.25, -0.2) is 0 Å². The Bertz CT molecular complexity index is 241. The Labute approximate surface area is 117 Å². The second kappa shape index (κ2) is 8.87. The maximum atomic E-state index is 9.90. The van der Waals surface area contributed by atoms with Crippen LogP contribution in [0, 0.1) is 5.92 Å². The summed E-state index contributed by atoms with van der Waals surface area (Å²) in [7, 11) is 3.81. The topological polar surface area (TPSA) is 54.0 Å². The molecule has 1 fully saturated rings. The summed E-state index contributed by atoms with van der Waals surface area (Å²) in [5, 5.41) is 13.4. The molecule has 1 aliphatic heterocycles. The maximum absolute atomic E-state index is 9.90. The van der Waals surface area contributed by atoms with Crippen molar-refractivity contribution in [2.24, 2.45) is 5.92 Å². The molecule has 4 unspecified atom stereocenters. The third-order valence-electron chi connectivity index (χ3n) is 3.70. The molecule has 0 radical (unpaired) electrons. The number of aliphatic hydroxyl groups is 1. The van der Waals surface area contributed by atoms with Crippen LogP contribution < -0.4 is 5.32 Å². The lowest BCUT2D eigenvalue weighted by molar-refractivity contribution is -0.0323. The van der Waals surface area contributed by atoms with E-state index in [1.807, 2.05) is 6.92 Å². The Balaban J connectivity index is 2.14. The molecule has 1 heterocycles. The van der Waals surface area contributed by atoms with Gasteiger partial charge in [0.05, 0.1) is 25.4 Å². The fourth-order valence-corrected chi connectivity index (χ4v) is 2.56. The Morgan fingerprint density at radius 3 is 2.79 bits per heavy atom. The molecule has 19 heavy (non-hydrogen) atoms. The summed E-state index contributed by atoms with van der Waals surface area (Å²) < 4.78 is 10.5. The Morgan fingerprint density at radius 2 is 2.16 bits per heavy atom. The van der Waals surface area contributed by atoms with E-state index in [-0.39, 0.29) is 6.10 Å². The van der Waals surface area contributed by atoms with Crippen molar-refractivity contribution in [1.29, 1.82) is 0 Å². The van der Waals surface area contributed by atoms with Gasteiger partial charge in [-0.2, -0.15) is 0 Å². The summed E-state index contributed by atoms with van der Waals surface area (Å²) in [6.45, 7) is 7.97. The number of hydrogen-bond donors (Lipinski definition) is 2. The highest BCUT2D eigenvalue weighted by Crippen LogP contribution is 2.15. The normalized spacial score (nSPS) is 28.3. The minimum Gasteiger partial charge on any atom is -0.389 e. The van der Waals surface area contributed by atoms with Crippen LogP contribution in [-0.4, -0.2) is 75.3 Å². The molecule has 0 bridgehead atoms. The number of methoxy groups -OCH3 is 1. The molecule has 1 rings (SSSR count). The zero-order valence-corrected chi connectivity index (χ0v) is 12.8. The van der Waals surface area contributed by atoms with Gasteiger partial charge in [-0.05, 0) is 32.9 Å². The molecule has 0 aromatic carbocycles. The summed E-state index contributed by atoms with van der Waals surface area (Å²) >= 11 is 0. The van der Waals surface area contributed by atoms with Crippen molar-refractivity contribution in [3.63, 3.8) is 0 Å². The van der Waals surface area contributed by atoms with E-state index in [2.05, 4.69) is 24.2 Å². The molecule has 0 spiro atoms. The molecule has 0 aromatic heterocycles. The molecule has 0 saturated carbocycles. The van der Waals surface area contributed by atoms with Crippen molar-refractivity contribution >= 4 is 0 Å². The summed E-state index contributed by atoms with van der Waals surface area (Å²) in [5.41, 5.74) is 0. The summed E-state index contributed by atoms with van der Waals surface area (Å²) in [4.78, 5) is 2.36. The van der Waals surface area contributed by atoms with Crippen LogP contribution in [0.15, 0.2) is 0 Å². The van der Waals surface area contributed by atoms with Crippen molar-refractivity contribution in [3.8, 4) is 0 Å². The summed E-state index contributed by atoms with van der Waals surface area (Å²) in [6, 6.07) is 0.502. The molecule has 1 aliphatic rings. The summed E-state index contributed by atoms with van der Waals surface area (Å²) in [5.74, 6) is 0.624. The van der Waals surface area contributed by atoms with Crippen LogP contribution >= 0.6 is 0 Å². The van der Waals surface area contributed by atoms with Crippen molar-refractivity contribution in [2.45, 2.75) is 38.5 Å². The molecular formula is C14H30N2O3. The number of rotatable bonds is 8. The van der Waals surface area contributed by atoms with Crippen LogP contribution in [0.3, 0.4) is 0 Å². The van der Waals surface area contributed by atoms with Crippen molar-refractivity contribution < 1.29 is 14.6 Å². The average molecular weight is 274 g/mol. The van der Waals surface area contributed by atoms with Gasteiger partial charge in [-0.15, -0.1) is 0 Å². The summed E-state index contributed by atoms with van der Waals surface area (Å²) in [6.07, 6.45) is 0.721. The number of ether oxygens (including phenoxy) is 2. The smallest absolute Gasteiger partial charge is 0.0897 e. The van der Waals surface area contributed by atoms with Crippen LogP contribution in [0.2, 0.25) is 0 Å². The Hall–Kier alpha value is -0.200. The predicted octanol–water partition coefficient (Wildman–Crippen LogP) is 0.329. The number of nitrogens with zero attached hydrogens (tertiary/aromatic N) is 1. The fourth-order valence-electron chi connectivity index (χ4n) is 2.56. The van der Waals surface area contributed by atoms with E-state index >= 15 is 0 Å². The zero-order valence-electron chi connectivity index (χ0n) is 12.8. The van der Waals surface area contributed by atoms with E-state index < -0.39 is 6.10 Å². The average Bonchev–Trinajstić information content (AvgIpc) is 2.35. The van der Waals surface area contributed by atoms with Gasteiger partial charge in [0.15, 0.2) is 0 Å². The second-order valence-electron chi connectivity index (χ2n) is 5.80. The number of nitrogens with one attached hydrogen (secondary N) is 1. The van der Waals surface area contributed by atoms with Crippen LogP contribution in [0.4, 0.5) is 0 Å². The number of aliphatic hydroxyl groups excluding tert-OH is 1. The van der Waals surface area contributed by atoms with E-state index in [1.54, 1.807) is 7.11 Å². The second-order valence-corrected chi connectivity index (χ2v) is 5.80. The number of hydrogen-bond acceptors (Lipinski definition) is 5. The molecule has 0 amide bonds. The first kappa shape index (κ1) is 16.9. The molecule has 2 N–H and O–H groups in total. The molecule has 5 heteroatoms. The van der Waals surface area contributed by atoms with E-state index in [9.17, 15) is 5.11 Å². The quantitative estimate of drug-likeness (QED) is 0.668. The Kier molecular flexibility index (Phi) is 7.87. The van der Waals surface area contributed by atoms with Crippen LogP contribution in [-0.2, 0) is 9.47 Å². The molecule has 114 valence electrons. The van der Waals surface area contributed by atoms with Crippen LogP contribution in [0.25, 0.3) is 0 Å². The third kappa shape index (κ3) is 6.68. The van der Waals surface area contributed by atoms with Crippen LogP contribution in [0.1, 0.15) is 20.3 Å². The van der Waals surface area contributed by atoms with E-state index in [0.29, 0.717) is 31.7 Å². The molecule has 0 aromatic rings. The molecule has 0 aliphatic carbocycles. The van der Waals surface area contributed by atoms with Gasteiger partial charge in [0.2, 0.25) is 0 Å². The van der Waals surface area contributed by atoms with Gasteiger partial charge in [0, 0.05) is 26.2 Å². The van der Waals surface area contributed by atoms with Gasteiger partial charge in [0.25, 0.3) is 0 Å². The lowest BCUT2D eigenvalue weighted by atomic mass is 9.94.